The van der Waals surface area contributed by atoms with Gasteiger partial charge in [-0.25, -0.2) is 4.79 Å². The van der Waals surface area contributed by atoms with E-state index in [0.29, 0.717) is 12.4 Å². The molecule has 0 radical (unpaired) electrons. The highest BCUT2D eigenvalue weighted by Gasteiger charge is 2.04. The number of carbonyl (C=O) groups is 1. The Morgan fingerprint density at radius 3 is 2.95 bits per heavy atom. The van der Waals surface area contributed by atoms with Crippen molar-refractivity contribution in [2.75, 3.05) is 0 Å². The zero-order valence-electron chi connectivity index (χ0n) is 9.88. The second-order valence-corrected chi connectivity index (χ2v) is 5.67. The SMILES string of the molecule is O=C(O)/C=C/c1cc(Br)ccc1OCc1cccs1. The molecular weight excluding hydrogens is 328 g/mol. The maximum Gasteiger partial charge on any atom is 0.328 e. The van der Waals surface area contributed by atoms with Crippen LogP contribution in [-0.2, 0) is 11.4 Å². The average molecular weight is 339 g/mol. The average Bonchev–Trinajstić information content (AvgIpc) is 2.88. The largest absolute Gasteiger partial charge is 0.487 e. The van der Waals surface area contributed by atoms with E-state index in [0.717, 1.165) is 21.0 Å². The molecule has 0 spiro atoms. The molecule has 2 rings (SSSR count). The lowest BCUT2D eigenvalue weighted by atomic mass is 10.2. The second kappa shape index (κ2) is 6.54. The number of ether oxygens (including phenoxy) is 1. The summed E-state index contributed by atoms with van der Waals surface area (Å²) in [5.74, 6) is -0.321. The molecule has 5 heteroatoms. The lowest BCUT2D eigenvalue weighted by Crippen LogP contribution is -1.95. The first-order valence-electron chi connectivity index (χ1n) is 5.51. The van der Waals surface area contributed by atoms with E-state index >= 15 is 0 Å². The zero-order valence-corrected chi connectivity index (χ0v) is 12.3. The minimum Gasteiger partial charge on any atom is -0.487 e. The van der Waals surface area contributed by atoms with Gasteiger partial charge < -0.3 is 9.84 Å². The van der Waals surface area contributed by atoms with Crippen molar-refractivity contribution >= 4 is 39.3 Å². The zero-order chi connectivity index (χ0) is 13.7. The van der Waals surface area contributed by atoms with Gasteiger partial charge in [-0.15, -0.1) is 11.3 Å². The number of thiophene rings is 1. The van der Waals surface area contributed by atoms with Gasteiger partial charge in [0.25, 0.3) is 0 Å². The van der Waals surface area contributed by atoms with Crippen LogP contribution in [0.4, 0.5) is 0 Å². The molecule has 1 heterocycles. The number of halogens is 1. The molecule has 0 atom stereocenters. The van der Waals surface area contributed by atoms with Crippen LogP contribution >= 0.6 is 27.3 Å². The van der Waals surface area contributed by atoms with Crippen LogP contribution in [-0.4, -0.2) is 11.1 Å². The van der Waals surface area contributed by atoms with Crippen LogP contribution in [0.5, 0.6) is 5.75 Å². The monoisotopic (exact) mass is 338 g/mol. The molecule has 0 fully saturated rings. The number of benzene rings is 1. The van der Waals surface area contributed by atoms with Gasteiger partial charge >= 0.3 is 5.97 Å². The van der Waals surface area contributed by atoms with Gasteiger partial charge in [0.1, 0.15) is 12.4 Å². The normalized spacial score (nSPS) is 10.8. The molecular formula is C14H11BrO3S. The molecule has 3 nitrogen and oxygen atoms in total. The fourth-order valence-electron chi connectivity index (χ4n) is 1.49. The van der Waals surface area contributed by atoms with Crippen molar-refractivity contribution in [2.45, 2.75) is 6.61 Å². The maximum absolute atomic E-state index is 10.6. The number of rotatable bonds is 5. The first kappa shape index (κ1) is 13.8. The number of carboxylic acid groups (broad SMARTS) is 1. The summed E-state index contributed by atoms with van der Waals surface area (Å²) in [5.41, 5.74) is 0.730. The van der Waals surface area contributed by atoms with E-state index in [-0.39, 0.29) is 0 Å². The van der Waals surface area contributed by atoms with Crippen molar-refractivity contribution in [1.29, 1.82) is 0 Å². The number of hydrogen-bond donors (Lipinski definition) is 1. The summed E-state index contributed by atoms with van der Waals surface area (Å²) in [4.78, 5) is 11.7. The van der Waals surface area contributed by atoms with Crippen LogP contribution in [0.2, 0.25) is 0 Å². The first-order valence-corrected chi connectivity index (χ1v) is 7.18. The number of hydrogen-bond acceptors (Lipinski definition) is 3. The van der Waals surface area contributed by atoms with Crippen LogP contribution in [0.25, 0.3) is 6.08 Å². The topological polar surface area (TPSA) is 46.5 Å². The summed E-state index contributed by atoms with van der Waals surface area (Å²) < 4.78 is 6.59. The van der Waals surface area contributed by atoms with Crippen molar-refractivity contribution < 1.29 is 14.6 Å². The van der Waals surface area contributed by atoms with Gasteiger partial charge in [-0.3, -0.25) is 0 Å². The smallest absolute Gasteiger partial charge is 0.328 e. The van der Waals surface area contributed by atoms with Crippen LogP contribution in [0.1, 0.15) is 10.4 Å². The fourth-order valence-corrected chi connectivity index (χ4v) is 2.48. The van der Waals surface area contributed by atoms with Gasteiger partial charge in [0.05, 0.1) is 0 Å². The van der Waals surface area contributed by atoms with E-state index in [2.05, 4.69) is 15.9 Å². The fraction of sp³-hybridized carbons (Fsp3) is 0.0714. The summed E-state index contributed by atoms with van der Waals surface area (Å²) in [6, 6.07) is 9.47. The summed E-state index contributed by atoms with van der Waals surface area (Å²) in [6.45, 7) is 0.479. The number of carboxylic acids is 1. The lowest BCUT2D eigenvalue weighted by molar-refractivity contribution is -0.131. The van der Waals surface area contributed by atoms with Crippen molar-refractivity contribution in [3.05, 3.63) is 56.7 Å². The maximum atomic E-state index is 10.6. The second-order valence-electron chi connectivity index (χ2n) is 3.72. The first-order chi connectivity index (χ1) is 9.15. The highest BCUT2D eigenvalue weighted by Crippen LogP contribution is 2.25. The molecule has 0 aliphatic rings. The van der Waals surface area contributed by atoms with E-state index < -0.39 is 5.97 Å². The molecule has 0 unspecified atom stereocenters. The molecule has 0 saturated heterocycles. The number of aliphatic carboxylic acids is 1. The van der Waals surface area contributed by atoms with Crippen LogP contribution in [0, 0.1) is 0 Å². The van der Waals surface area contributed by atoms with Crippen LogP contribution in [0.15, 0.2) is 46.3 Å². The Morgan fingerprint density at radius 2 is 2.26 bits per heavy atom. The van der Waals surface area contributed by atoms with Gasteiger partial charge in [-0.1, -0.05) is 22.0 Å². The Bertz CT molecular complexity index is 591. The van der Waals surface area contributed by atoms with E-state index in [1.165, 1.54) is 6.08 Å². The lowest BCUT2D eigenvalue weighted by Gasteiger charge is -2.08. The highest BCUT2D eigenvalue weighted by molar-refractivity contribution is 9.10. The molecule has 0 aliphatic carbocycles. The van der Waals surface area contributed by atoms with Crippen molar-refractivity contribution in [3.8, 4) is 5.75 Å². The van der Waals surface area contributed by atoms with E-state index in [4.69, 9.17) is 9.84 Å². The third kappa shape index (κ3) is 4.22. The third-order valence-electron chi connectivity index (χ3n) is 2.33. The van der Waals surface area contributed by atoms with Gasteiger partial charge in [0, 0.05) is 21.0 Å². The van der Waals surface area contributed by atoms with Crippen molar-refractivity contribution in [2.24, 2.45) is 0 Å². The van der Waals surface area contributed by atoms with E-state index in [1.807, 2.05) is 35.7 Å². The Kier molecular flexibility index (Phi) is 4.76. The Hall–Kier alpha value is -1.59. The van der Waals surface area contributed by atoms with Gasteiger partial charge in [0.15, 0.2) is 0 Å². The molecule has 0 saturated carbocycles. The minimum atomic E-state index is -0.982. The molecule has 1 N–H and O–H groups in total. The molecule has 1 aromatic heterocycles. The molecule has 0 aliphatic heterocycles. The molecule has 0 bridgehead atoms. The summed E-state index contributed by atoms with van der Waals surface area (Å²) >= 11 is 4.98. The Labute approximate surface area is 123 Å². The quantitative estimate of drug-likeness (QED) is 0.831. The van der Waals surface area contributed by atoms with Crippen LogP contribution < -0.4 is 4.74 Å². The summed E-state index contributed by atoms with van der Waals surface area (Å²) in [5, 5.41) is 10.7. The predicted molar refractivity (Wildman–Crippen MR) is 79.5 cm³/mol. The standard InChI is InChI=1S/C14H11BrO3S/c15-11-4-5-13(10(8-11)3-6-14(16)17)18-9-12-2-1-7-19-12/h1-8H,9H2,(H,16,17)/b6-3+. The predicted octanol–water partition coefficient (Wildman–Crippen LogP) is 4.19. The molecule has 1 aromatic carbocycles. The Morgan fingerprint density at radius 1 is 1.42 bits per heavy atom. The van der Waals surface area contributed by atoms with Gasteiger partial charge in [-0.05, 0) is 35.7 Å². The van der Waals surface area contributed by atoms with Crippen molar-refractivity contribution in [1.82, 2.24) is 0 Å². The molecule has 98 valence electrons. The summed E-state index contributed by atoms with van der Waals surface area (Å²) in [6.07, 6.45) is 2.62. The van der Waals surface area contributed by atoms with Crippen LogP contribution in [0.3, 0.4) is 0 Å². The molecule has 0 amide bonds. The van der Waals surface area contributed by atoms with Gasteiger partial charge in [-0.2, -0.15) is 0 Å². The minimum absolute atomic E-state index is 0.479. The Balaban J connectivity index is 2.16. The molecule has 2 aromatic rings. The van der Waals surface area contributed by atoms with Crippen molar-refractivity contribution in [3.63, 3.8) is 0 Å². The van der Waals surface area contributed by atoms with E-state index in [9.17, 15) is 4.79 Å². The van der Waals surface area contributed by atoms with E-state index in [1.54, 1.807) is 11.3 Å². The third-order valence-corrected chi connectivity index (χ3v) is 3.67. The van der Waals surface area contributed by atoms with Gasteiger partial charge in [0.2, 0.25) is 0 Å². The highest BCUT2D eigenvalue weighted by atomic mass is 79.9. The molecule has 19 heavy (non-hydrogen) atoms. The summed E-state index contributed by atoms with van der Waals surface area (Å²) in [7, 11) is 0.